The Bertz CT molecular complexity index is 1510. The monoisotopic (exact) mass is 574 g/mol. The van der Waals surface area contributed by atoms with Crippen molar-refractivity contribution in [2.45, 2.75) is 52.9 Å². The van der Waals surface area contributed by atoms with Crippen LogP contribution in [0.2, 0.25) is 0 Å². The molecule has 2 aliphatic heterocycles. The molecule has 7 nitrogen and oxygen atoms in total. The summed E-state index contributed by atoms with van der Waals surface area (Å²) in [4.78, 5) is 18.2. The summed E-state index contributed by atoms with van der Waals surface area (Å²) in [5.41, 5.74) is 13.0. The zero-order valence-electron chi connectivity index (χ0n) is 25.2. The predicted molar refractivity (Wildman–Crippen MR) is 176 cm³/mol. The molecule has 3 aliphatic rings. The van der Waals surface area contributed by atoms with E-state index in [9.17, 15) is 5.11 Å². The molecule has 0 amide bonds. The van der Waals surface area contributed by atoms with Crippen LogP contribution in [0.3, 0.4) is 0 Å². The van der Waals surface area contributed by atoms with Gasteiger partial charge in [-0.15, -0.1) is 0 Å². The Morgan fingerprint density at radius 3 is 2.88 bits per heavy atom. The number of nitrogens with zero attached hydrogens (tertiary/aromatic N) is 5. The van der Waals surface area contributed by atoms with E-state index in [2.05, 4.69) is 68.5 Å². The summed E-state index contributed by atoms with van der Waals surface area (Å²) >= 11 is 0. The van der Waals surface area contributed by atoms with Crippen LogP contribution in [0.1, 0.15) is 49.1 Å². The number of fused-ring (bicyclic) bond motifs is 2. The molecule has 1 aromatic carbocycles. The molecular weight excluding hydrogens is 532 g/mol. The first-order valence-electron chi connectivity index (χ1n) is 15.1. The molecule has 2 bridgehead atoms. The van der Waals surface area contributed by atoms with Gasteiger partial charge in [-0.25, -0.2) is 0 Å². The van der Waals surface area contributed by atoms with Gasteiger partial charge < -0.3 is 20.6 Å². The Morgan fingerprint density at radius 2 is 2.07 bits per heavy atom. The lowest BCUT2D eigenvalue weighted by atomic mass is 9.91. The first kappa shape index (κ1) is 30.0. The number of hydrogen-bond acceptors (Lipinski definition) is 7. The van der Waals surface area contributed by atoms with Gasteiger partial charge in [-0.05, 0) is 61.6 Å². The molecule has 0 fully saturated rings. The summed E-state index contributed by atoms with van der Waals surface area (Å²) < 4.78 is 0. The second kappa shape index (κ2) is 14.6. The largest absolute Gasteiger partial charge is 0.507 e. The zero-order chi connectivity index (χ0) is 30.0. The molecule has 3 heterocycles. The first-order valence-corrected chi connectivity index (χ1v) is 15.1. The highest BCUT2D eigenvalue weighted by Crippen LogP contribution is 2.33. The second-order valence-corrected chi connectivity index (χ2v) is 11.3. The van der Waals surface area contributed by atoms with Crippen molar-refractivity contribution in [3.05, 3.63) is 131 Å². The quantitative estimate of drug-likeness (QED) is 0.261. The molecule has 1 aromatic heterocycles. The number of phenols is 1. The number of hydrogen-bond donors (Lipinski definition) is 2. The summed E-state index contributed by atoms with van der Waals surface area (Å²) in [6.07, 6.45) is 27.2. The first-order chi connectivity index (χ1) is 21.0. The SMILES string of the molecule is CC=N/C(C)=C\N(Cc1ccccn1)Cc1cc(CN)cc(CN2C=C3N=CCC=CC3CC3C=CC=CC(=C3)C2)c1O. The number of phenolic OH excluding ortho intramolecular Hbond substituents is 1. The summed E-state index contributed by atoms with van der Waals surface area (Å²) in [6.45, 7) is 6.57. The zero-order valence-corrected chi connectivity index (χ0v) is 25.2. The summed E-state index contributed by atoms with van der Waals surface area (Å²) in [6, 6.07) is 9.95. The molecule has 2 atom stereocenters. The Kier molecular flexibility index (Phi) is 10.2. The Labute approximate surface area is 255 Å². The van der Waals surface area contributed by atoms with E-state index < -0.39 is 0 Å². The molecule has 0 saturated heterocycles. The average molecular weight is 575 g/mol. The van der Waals surface area contributed by atoms with Gasteiger partial charge in [0.05, 0.1) is 23.6 Å². The van der Waals surface area contributed by atoms with Crippen molar-refractivity contribution in [1.29, 1.82) is 0 Å². The molecule has 43 heavy (non-hydrogen) atoms. The van der Waals surface area contributed by atoms with Gasteiger partial charge in [0.15, 0.2) is 0 Å². The summed E-state index contributed by atoms with van der Waals surface area (Å²) in [7, 11) is 0. The van der Waals surface area contributed by atoms with E-state index >= 15 is 0 Å². The van der Waals surface area contributed by atoms with Crippen LogP contribution >= 0.6 is 0 Å². The predicted octanol–water partition coefficient (Wildman–Crippen LogP) is 6.56. The molecule has 222 valence electrons. The average Bonchev–Trinajstić information content (AvgIpc) is 3.33. The topological polar surface area (TPSA) is 90.3 Å². The van der Waals surface area contributed by atoms with Gasteiger partial charge in [0.2, 0.25) is 0 Å². The summed E-state index contributed by atoms with van der Waals surface area (Å²) in [5, 5.41) is 11.7. The van der Waals surface area contributed by atoms with E-state index in [1.54, 1.807) is 12.4 Å². The van der Waals surface area contributed by atoms with Gasteiger partial charge in [-0.3, -0.25) is 15.0 Å². The minimum atomic E-state index is 0.227. The third kappa shape index (κ3) is 8.30. The maximum atomic E-state index is 11.7. The highest BCUT2D eigenvalue weighted by atomic mass is 16.3. The van der Waals surface area contributed by atoms with Crippen molar-refractivity contribution in [2.75, 3.05) is 6.54 Å². The molecule has 7 heteroatoms. The number of benzene rings is 1. The maximum Gasteiger partial charge on any atom is 0.125 e. The van der Waals surface area contributed by atoms with Gasteiger partial charge >= 0.3 is 0 Å². The fourth-order valence-corrected chi connectivity index (χ4v) is 5.85. The Morgan fingerprint density at radius 1 is 1.19 bits per heavy atom. The van der Waals surface area contributed by atoms with E-state index in [0.717, 1.165) is 46.6 Å². The molecule has 5 rings (SSSR count). The van der Waals surface area contributed by atoms with Crippen molar-refractivity contribution < 1.29 is 5.11 Å². The van der Waals surface area contributed by atoms with Crippen LogP contribution in [0.15, 0.2) is 118 Å². The van der Waals surface area contributed by atoms with Crippen molar-refractivity contribution >= 4 is 12.4 Å². The highest BCUT2D eigenvalue weighted by Gasteiger charge is 2.22. The van der Waals surface area contributed by atoms with Crippen LogP contribution in [0.5, 0.6) is 5.75 Å². The standard InChI is InChI=1S/C36H42N6O/c1-3-38-27(2)21-41(25-34-13-7-9-14-39-34)23-32-18-30(20-37)19-33(36(32)43)24-42-22-29-11-5-4-10-28(16-29)17-31-12-6-8-15-40-35(31)26-42/h3-7,9-16,18-19,21,26,28,31,43H,8,17,20,22-25,37H2,1-2H3/b27-21-,35-26?,38-3?. The van der Waals surface area contributed by atoms with E-state index in [1.165, 1.54) is 5.57 Å². The van der Waals surface area contributed by atoms with E-state index in [1.807, 2.05) is 56.6 Å². The minimum Gasteiger partial charge on any atom is -0.507 e. The van der Waals surface area contributed by atoms with Crippen LogP contribution < -0.4 is 5.73 Å². The van der Waals surface area contributed by atoms with Gasteiger partial charge in [0.1, 0.15) is 5.75 Å². The lowest BCUT2D eigenvalue weighted by Crippen LogP contribution is -2.22. The van der Waals surface area contributed by atoms with Gasteiger partial charge in [0, 0.05) is 80.7 Å². The fourth-order valence-electron chi connectivity index (χ4n) is 5.85. The van der Waals surface area contributed by atoms with Crippen molar-refractivity contribution in [3.8, 4) is 5.75 Å². The normalized spacial score (nSPS) is 20.1. The molecular formula is C36H42N6O. The minimum absolute atomic E-state index is 0.227. The third-order valence-corrected chi connectivity index (χ3v) is 7.77. The van der Waals surface area contributed by atoms with E-state index in [0.29, 0.717) is 38.6 Å². The molecule has 1 aliphatic carbocycles. The molecule has 3 N–H and O–H groups in total. The van der Waals surface area contributed by atoms with Crippen LogP contribution in [-0.2, 0) is 26.2 Å². The second-order valence-electron chi connectivity index (χ2n) is 11.3. The van der Waals surface area contributed by atoms with Crippen molar-refractivity contribution in [2.24, 2.45) is 27.6 Å². The van der Waals surface area contributed by atoms with Crippen molar-refractivity contribution in [1.82, 2.24) is 14.8 Å². The number of aliphatic imine (C=N–C) groups is 2. The third-order valence-electron chi connectivity index (χ3n) is 7.77. The summed E-state index contributed by atoms with van der Waals surface area (Å²) in [5.74, 6) is 0.859. The van der Waals surface area contributed by atoms with Gasteiger partial charge in [-0.1, -0.05) is 48.6 Å². The van der Waals surface area contributed by atoms with Crippen molar-refractivity contribution in [3.63, 3.8) is 0 Å². The van der Waals surface area contributed by atoms with Crippen LogP contribution in [0, 0.1) is 11.8 Å². The molecule has 0 saturated carbocycles. The van der Waals surface area contributed by atoms with Gasteiger partial charge in [-0.2, -0.15) is 0 Å². The van der Waals surface area contributed by atoms with Crippen LogP contribution in [-0.4, -0.2) is 38.9 Å². The van der Waals surface area contributed by atoms with E-state index in [-0.39, 0.29) is 11.7 Å². The molecule has 0 spiro atoms. The number of nitrogens with two attached hydrogens (primary N) is 1. The van der Waals surface area contributed by atoms with Crippen LogP contribution in [0.4, 0.5) is 0 Å². The fraction of sp³-hybridized carbons (Fsp3) is 0.306. The Hall–Kier alpha value is -4.49. The number of aromatic hydroxyl groups is 1. The number of allylic oxidation sites excluding steroid dienone is 7. The van der Waals surface area contributed by atoms with Crippen LogP contribution in [0.25, 0.3) is 0 Å². The Balaban J connectivity index is 1.49. The molecule has 0 radical (unpaired) electrons. The number of rotatable bonds is 9. The lowest BCUT2D eigenvalue weighted by Gasteiger charge is -2.26. The smallest absolute Gasteiger partial charge is 0.125 e. The van der Waals surface area contributed by atoms with E-state index in [4.69, 9.17) is 10.7 Å². The highest BCUT2D eigenvalue weighted by molar-refractivity contribution is 5.62. The maximum absolute atomic E-state index is 11.7. The van der Waals surface area contributed by atoms with Gasteiger partial charge in [0.25, 0.3) is 0 Å². The molecule has 2 unspecified atom stereocenters. The number of pyridine rings is 1. The lowest BCUT2D eigenvalue weighted by molar-refractivity contribution is 0.340. The molecule has 2 aromatic rings. The number of aromatic nitrogens is 1.